The van der Waals surface area contributed by atoms with Crippen LogP contribution in [0.1, 0.15) is 55.8 Å². The van der Waals surface area contributed by atoms with Gasteiger partial charge in [0.1, 0.15) is 11.8 Å². The second-order valence-electron chi connectivity index (χ2n) is 19.7. The fourth-order valence-electron chi connectivity index (χ4n) is 11.4. The van der Waals surface area contributed by atoms with E-state index in [-0.39, 0.29) is 11.5 Å². The van der Waals surface area contributed by atoms with Crippen molar-refractivity contribution in [2.24, 2.45) is 0 Å². The average molecular weight is 1030 g/mol. The molecule has 0 saturated heterocycles. The van der Waals surface area contributed by atoms with Gasteiger partial charge in [-0.25, -0.2) is 4.98 Å². The Hall–Kier alpha value is -11.5. The van der Waals surface area contributed by atoms with Crippen LogP contribution in [0.4, 0.5) is 22.9 Å². The van der Waals surface area contributed by atoms with Gasteiger partial charge in [0.05, 0.1) is 11.6 Å². The molecule has 0 aliphatic heterocycles. The van der Waals surface area contributed by atoms with Crippen LogP contribution in [0.25, 0.3) is 71.6 Å². The van der Waals surface area contributed by atoms with Crippen molar-refractivity contribution >= 4 is 55.9 Å². The van der Waals surface area contributed by atoms with Crippen molar-refractivity contribution in [1.82, 2.24) is 9.97 Å². The molecule has 0 fully saturated rings. The van der Waals surface area contributed by atoms with Crippen LogP contribution in [0.15, 0.2) is 279 Å². The average Bonchev–Trinajstić information content (AvgIpc) is 4.08. The lowest BCUT2D eigenvalue weighted by Crippen LogP contribution is -2.10. The Balaban J connectivity index is 0.976. The second-order valence-corrected chi connectivity index (χ2v) is 19.7. The first kappa shape index (κ1) is 49.1. The van der Waals surface area contributed by atoms with Crippen LogP contribution in [0.3, 0.4) is 0 Å². The lowest BCUT2D eigenvalue weighted by atomic mass is 9.85. The molecule has 6 heteroatoms. The summed E-state index contributed by atoms with van der Waals surface area (Å²) in [6.07, 6.45) is 0. The zero-order chi connectivity index (χ0) is 54.7. The Labute approximate surface area is 470 Å². The van der Waals surface area contributed by atoms with E-state index in [0.29, 0.717) is 17.0 Å². The molecule has 12 aromatic rings. The van der Waals surface area contributed by atoms with E-state index in [1.54, 1.807) is 0 Å². The van der Waals surface area contributed by atoms with Crippen molar-refractivity contribution in [2.45, 2.75) is 0 Å². The van der Waals surface area contributed by atoms with E-state index in [1.807, 2.05) is 30.3 Å². The van der Waals surface area contributed by atoms with Crippen LogP contribution in [-0.2, 0) is 0 Å². The number of aromatic nitrogens is 2. The number of benzene rings is 11. The van der Waals surface area contributed by atoms with Gasteiger partial charge in [-0.3, -0.25) is 0 Å². The summed E-state index contributed by atoms with van der Waals surface area (Å²) in [7, 11) is 0. The van der Waals surface area contributed by atoms with Crippen LogP contribution in [0.2, 0.25) is 0 Å². The molecule has 81 heavy (non-hydrogen) atoms. The molecule has 0 radical (unpaired) electrons. The Morgan fingerprint density at radius 1 is 0.333 bits per heavy atom. The van der Waals surface area contributed by atoms with Gasteiger partial charge in [-0.05, 0) is 126 Å². The maximum Gasteiger partial charge on any atom is 0.307 e. The number of nitrogens with zero attached hydrogens (tertiary/aromatic N) is 6. The van der Waals surface area contributed by atoms with E-state index in [2.05, 4.69) is 281 Å². The quantitative estimate of drug-likeness (QED) is 0.0899. The maximum atomic E-state index is 10.6. The molecule has 0 amide bonds. The van der Waals surface area contributed by atoms with Crippen LogP contribution in [0, 0.1) is 29.2 Å². The SMILES string of the molecule is [C-]#[N+]c1nc2c(nc1C#N)-c1ccc(-c3ccc(N(c4ccc(C(=C(c5ccccc5)c5ccccc5)c5ccccc5)cc4)c4ccc(C(=C(c5ccccc5)c5ccccc5)c5ccccc5)cc4)cc3)c3c(C#N)ccc-2c13. The standard InChI is InChI=1S/C75H46N6/c1-78-75-66(49-77)79-73-65-47-46-63(71-59(48-76)38-45-64(72(65)71)74(73)80-75)50-32-39-60(40-33-50)81(61-41-34-57(35-42-61)69(55-28-16-6-17-29-55)67(51-20-8-2-9-21-51)52-22-10-3-11-23-52)62-43-36-58(37-44-62)70(56-30-18-7-19-31-56)68(53-24-12-4-13-25-53)54-26-14-5-15-27-54/h2-47H. The topological polar surface area (TPSA) is 81.0 Å². The smallest absolute Gasteiger partial charge is 0.307 e. The van der Waals surface area contributed by atoms with Gasteiger partial charge in [-0.1, -0.05) is 237 Å². The van der Waals surface area contributed by atoms with E-state index in [0.717, 1.165) is 117 Å². The van der Waals surface area contributed by atoms with Crippen molar-refractivity contribution < 1.29 is 0 Å². The van der Waals surface area contributed by atoms with Crippen LogP contribution in [0.5, 0.6) is 0 Å². The van der Waals surface area contributed by atoms with E-state index in [1.165, 1.54) is 0 Å². The number of hydrogen-bond acceptors (Lipinski definition) is 5. The fraction of sp³-hybridized carbons (Fsp3) is 0. The first-order valence-electron chi connectivity index (χ1n) is 26.7. The maximum absolute atomic E-state index is 10.6. The number of fused-ring (bicyclic) bond motifs is 3. The zero-order valence-corrected chi connectivity index (χ0v) is 43.7. The molecule has 0 atom stereocenters. The summed E-state index contributed by atoms with van der Waals surface area (Å²) >= 11 is 0. The van der Waals surface area contributed by atoms with Crippen molar-refractivity contribution in [2.75, 3.05) is 4.90 Å². The van der Waals surface area contributed by atoms with Gasteiger partial charge in [0.25, 0.3) is 0 Å². The molecular formula is C75H46N6. The molecule has 13 rings (SSSR count). The molecule has 1 aliphatic carbocycles. The summed E-state index contributed by atoms with van der Waals surface area (Å²) in [5, 5.41) is 22.1. The molecule has 1 aliphatic rings. The van der Waals surface area contributed by atoms with Gasteiger partial charge in [0.15, 0.2) is 11.4 Å². The van der Waals surface area contributed by atoms with Crippen molar-refractivity contribution in [1.29, 1.82) is 10.5 Å². The monoisotopic (exact) mass is 1030 g/mol. The lowest BCUT2D eigenvalue weighted by molar-refractivity contribution is 1.20. The first-order valence-corrected chi connectivity index (χ1v) is 26.7. The molecule has 0 bridgehead atoms. The Kier molecular flexibility index (Phi) is 13.0. The highest BCUT2D eigenvalue weighted by Crippen LogP contribution is 2.50. The van der Waals surface area contributed by atoms with Gasteiger partial charge in [0.2, 0.25) is 0 Å². The van der Waals surface area contributed by atoms with Crippen LogP contribution in [-0.4, -0.2) is 9.97 Å². The summed E-state index contributed by atoms with van der Waals surface area (Å²) in [5.41, 5.74) is 21.2. The Morgan fingerprint density at radius 2 is 0.654 bits per heavy atom. The summed E-state index contributed by atoms with van der Waals surface area (Å²) in [6, 6.07) is 102. The number of anilines is 3. The minimum absolute atomic E-state index is 0.0202. The van der Waals surface area contributed by atoms with Crippen molar-refractivity contribution in [3.8, 4) is 45.8 Å². The summed E-state index contributed by atoms with van der Waals surface area (Å²) in [5.74, 6) is -0.0411. The van der Waals surface area contributed by atoms with E-state index in [9.17, 15) is 10.5 Å². The van der Waals surface area contributed by atoms with E-state index >= 15 is 0 Å². The normalized spacial score (nSPS) is 10.9. The molecule has 6 nitrogen and oxygen atoms in total. The largest absolute Gasteiger partial charge is 0.358 e. The Bertz CT molecular complexity index is 4210. The van der Waals surface area contributed by atoms with Gasteiger partial charge in [0, 0.05) is 39.0 Å². The molecular weight excluding hydrogens is 985 g/mol. The third kappa shape index (κ3) is 9.10. The minimum atomic E-state index is -0.0411. The molecule has 1 aromatic heterocycles. The first-order chi connectivity index (χ1) is 40.1. The van der Waals surface area contributed by atoms with Crippen molar-refractivity contribution in [3.05, 3.63) is 346 Å². The highest BCUT2D eigenvalue weighted by Gasteiger charge is 2.31. The summed E-state index contributed by atoms with van der Waals surface area (Å²) < 4.78 is 0. The Morgan fingerprint density at radius 3 is 1.00 bits per heavy atom. The third-order valence-corrected chi connectivity index (χ3v) is 15.0. The predicted octanol–water partition coefficient (Wildman–Crippen LogP) is 18.7. The second kappa shape index (κ2) is 21.5. The molecule has 1 heterocycles. The minimum Gasteiger partial charge on any atom is -0.358 e. The van der Waals surface area contributed by atoms with Gasteiger partial charge < -0.3 is 9.74 Å². The zero-order valence-electron chi connectivity index (χ0n) is 43.7. The summed E-state index contributed by atoms with van der Waals surface area (Å²) in [6.45, 7) is 7.71. The lowest BCUT2D eigenvalue weighted by Gasteiger charge is -2.27. The fourth-order valence-corrected chi connectivity index (χ4v) is 11.4. The molecule has 0 unspecified atom stereocenters. The molecule has 0 spiro atoms. The number of nitriles is 2. The van der Waals surface area contributed by atoms with Crippen LogP contribution >= 0.6 is 0 Å². The predicted molar refractivity (Wildman–Crippen MR) is 328 cm³/mol. The van der Waals surface area contributed by atoms with E-state index in [4.69, 9.17) is 6.57 Å². The number of rotatable bonds is 12. The highest BCUT2D eigenvalue weighted by atomic mass is 15.1. The highest BCUT2D eigenvalue weighted by molar-refractivity contribution is 6.19. The summed E-state index contributed by atoms with van der Waals surface area (Å²) in [4.78, 5) is 15.1. The molecule has 0 N–H and O–H groups in total. The molecule has 0 saturated carbocycles. The van der Waals surface area contributed by atoms with Crippen molar-refractivity contribution in [3.63, 3.8) is 0 Å². The third-order valence-electron chi connectivity index (χ3n) is 15.0. The van der Waals surface area contributed by atoms with Gasteiger partial charge in [-0.15, -0.1) is 4.98 Å². The number of hydrogen-bond donors (Lipinski definition) is 0. The van der Waals surface area contributed by atoms with Gasteiger partial charge in [-0.2, -0.15) is 10.5 Å². The van der Waals surface area contributed by atoms with Gasteiger partial charge >= 0.3 is 5.82 Å². The molecule has 376 valence electrons. The molecule has 11 aromatic carbocycles. The van der Waals surface area contributed by atoms with E-state index < -0.39 is 0 Å². The van der Waals surface area contributed by atoms with Crippen LogP contribution < -0.4 is 4.90 Å².